The van der Waals surface area contributed by atoms with Crippen LogP contribution in [0.4, 0.5) is 0 Å². The molecule has 6 heteroatoms. The first kappa shape index (κ1) is 34.1. The van der Waals surface area contributed by atoms with Crippen LogP contribution in [0.5, 0.6) is 0 Å². The molecule has 0 atom stereocenters. The molecule has 0 amide bonds. The van der Waals surface area contributed by atoms with Gasteiger partial charge in [0, 0.05) is 54.5 Å². The van der Waals surface area contributed by atoms with Crippen molar-refractivity contribution in [1.29, 1.82) is 10.5 Å². The van der Waals surface area contributed by atoms with Crippen molar-refractivity contribution < 1.29 is 0 Å². The van der Waals surface area contributed by atoms with Crippen LogP contribution < -0.4 is 0 Å². The Labute approximate surface area is 354 Å². The highest BCUT2D eigenvalue weighted by atomic mass is 15.0. The second-order valence-electron chi connectivity index (χ2n) is 15.9. The molecule has 0 N–H and O–H groups in total. The fourth-order valence-electron chi connectivity index (χ4n) is 10.4. The standard InChI is InChI=1S/C56H32N6/c57-33-35-31-51(61-47-25-13-9-21-42(47)53-49(61)29-27-40-38-19-7-11-23-45(38)59(55(40)53)36-15-3-1-4-16-36)44(34-58)52(32-35)62-48-26-14-10-22-43(48)54-50(62)30-28-41-39-20-8-12-24-46(39)60(56(41)54)37-17-5-2-6-18-37/h1-32H. The van der Waals surface area contributed by atoms with Gasteiger partial charge in [-0.25, -0.2) is 0 Å². The van der Waals surface area contributed by atoms with Crippen molar-refractivity contribution in [3.8, 4) is 34.9 Å². The summed E-state index contributed by atoms with van der Waals surface area (Å²) in [5.74, 6) is 0. The topological polar surface area (TPSA) is 67.3 Å². The number of para-hydroxylation sites is 6. The molecule has 0 aliphatic heterocycles. The Hall–Kier alpha value is -8.84. The molecule has 9 aromatic carbocycles. The smallest absolute Gasteiger partial charge is 0.104 e. The van der Waals surface area contributed by atoms with Gasteiger partial charge in [0.2, 0.25) is 0 Å². The van der Waals surface area contributed by atoms with Gasteiger partial charge >= 0.3 is 0 Å². The van der Waals surface area contributed by atoms with E-state index in [0.717, 1.165) is 87.8 Å². The minimum absolute atomic E-state index is 0.463. The summed E-state index contributed by atoms with van der Waals surface area (Å²) in [4.78, 5) is 0. The van der Waals surface area contributed by atoms with Crippen LogP contribution in [0.1, 0.15) is 11.1 Å². The van der Waals surface area contributed by atoms with E-state index in [4.69, 9.17) is 0 Å². The third-order valence-corrected chi connectivity index (χ3v) is 12.8. The summed E-state index contributed by atoms with van der Waals surface area (Å²) in [5, 5.41) is 31.2. The zero-order chi connectivity index (χ0) is 41.1. The molecule has 13 aromatic rings. The number of hydrogen-bond acceptors (Lipinski definition) is 2. The molecule has 0 bridgehead atoms. The SMILES string of the molecule is N#Cc1cc(-n2c3ccccc3c3c2ccc2c4ccccc4n(-c4ccccc4)c23)c(C#N)c(-n2c3ccccc3c3c2ccc2c4ccccc4n(-c4ccccc4)c23)c1. The summed E-state index contributed by atoms with van der Waals surface area (Å²) < 4.78 is 9.11. The van der Waals surface area contributed by atoms with Gasteiger partial charge in [0.25, 0.3) is 0 Å². The maximum Gasteiger partial charge on any atom is 0.104 e. The van der Waals surface area contributed by atoms with E-state index >= 15 is 0 Å². The highest BCUT2D eigenvalue weighted by Gasteiger charge is 2.26. The van der Waals surface area contributed by atoms with Crippen LogP contribution in [0.3, 0.4) is 0 Å². The summed E-state index contributed by atoms with van der Waals surface area (Å²) in [6.45, 7) is 0. The first-order chi connectivity index (χ1) is 30.7. The summed E-state index contributed by atoms with van der Waals surface area (Å²) in [7, 11) is 0. The van der Waals surface area contributed by atoms with E-state index in [2.05, 4.69) is 188 Å². The van der Waals surface area contributed by atoms with Gasteiger partial charge in [-0.1, -0.05) is 121 Å². The van der Waals surface area contributed by atoms with E-state index in [1.54, 1.807) is 0 Å². The summed E-state index contributed by atoms with van der Waals surface area (Å²) in [5.41, 5.74) is 12.6. The predicted molar refractivity (Wildman–Crippen MR) is 253 cm³/mol. The number of fused-ring (bicyclic) bond motifs is 14. The zero-order valence-electron chi connectivity index (χ0n) is 33.2. The van der Waals surface area contributed by atoms with Gasteiger partial charge < -0.3 is 18.3 Å². The molecule has 0 saturated heterocycles. The van der Waals surface area contributed by atoms with Gasteiger partial charge in [-0.15, -0.1) is 0 Å². The first-order valence-corrected chi connectivity index (χ1v) is 20.7. The quantitative estimate of drug-likeness (QED) is 0.178. The van der Waals surface area contributed by atoms with Crippen LogP contribution in [0, 0.1) is 22.7 Å². The lowest BCUT2D eigenvalue weighted by atomic mass is 10.1. The van der Waals surface area contributed by atoms with Crippen molar-refractivity contribution in [2.75, 3.05) is 0 Å². The van der Waals surface area contributed by atoms with Crippen LogP contribution >= 0.6 is 0 Å². The van der Waals surface area contributed by atoms with E-state index in [-0.39, 0.29) is 0 Å². The van der Waals surface area contributed by atoms with Crippen molar-refractivity contribution in [3.63, 3.8) is 0 Å². The Bertz CT molecular complexity index is 3860. The van der Waals surface area contributed by atoms with Gasteiger partial charge in [-0.3, -0.25) is 0 Å². The van der Waals surface area contributed by atoms with Gasteiger partial charge in [0.1, 0.15) is 11.6 Å². The molecule has 6 nitrogen and oxygen atoms in total. The second kappa shape index (κ2) is 12.8. The summed E-state index contributed by atoms with van der Waals surface area (Å²) in [6, 6.07) is 72.7. The lowest BCUT2D eigenvalue weighted by Crippen LogP contribution is -2.05. The Morgan fingerprint density at radius 2 is 0.677 bits per heavy atom. The van der Waals surface area contributed by atoms with Crippen molar-refractivity contribution >= 4 is 87.2 Å². The number of aromatic nitrogens is 4. The molecular formula is C56H32N6. The Morgan fingerprint density at radius 1 is 0.306 bits per heavy atom. The lowest BCUT2D eigenvalue weighted by Gasteiger charge is -2.17. The number of rotatable bonds is 4. The summed E-state index contributed by atoms with van der Waals surface area (Å²) >= 11 is 0. The maximum atomic E-state index is 11.5. The van der Waals surface area contributed by atoms with Crippen molar-refractivity contribution in [1.82, 2.24) is 18.3 Å². The van der Waals surface area contributed by atoms with E-state index in [9.17, 15) is 10.5 Å². The Kier molecular flexibility index (Phi) is 7.05. The van der Waals surface area contributed by atoms with Crippen LogP contribution in [0.2, 0.25) is 0 Å². The molecule has 0 fully saturated rings. The zero-order valence-corrected chi connectivity index (χ0v) is 33.2. The highest BCUT2D eigenvalue weighted by molar-refractivity contribution is 6.27. The average Bonchev–Trinajstić information content (AvgIpc) is 4.06. The molecule has 0 aliphatic carbocycles. The maximum absolute atomic E-state index is 11.5. The predicted octanol–water partition coefficient (Wildman–Crippen LogP) is 13.8. The van der Waals surface area contributed by atoms with E-state index in [0.29, 0.717) is 22.5 Å². The molecule has 0 aliphatic rings. The van der Waals surface area contributed by atoms with E-state index in [1.165, 1.54) is 10.8 Å². The van der Waals surface area contributed by atoms with Gasteiger partial charge in [0.05, 0.1) is 67.1 Å². The molecular weight excluding hydrogens is 757 g/mol. The molecule has 4 aromatic heterocycles. The van der Waals surface area contributed by atoms with Gasteiger partial charge in [-0.2, -0.15) is 10.5 Å². The fourth-order valence-corrected chi connectivity index (χ4v) is 10.4. The third-order valence-electron chi connectivity index (χ3n) is 12.8. The van der Waals surface area contributed by atoms with Crippen molar-refractivity contribution in [3.05, 3.63) is 205 Å². The summed E-state index contributed by atoms with van der Waals surface area (Å²) in [6.07, 6.45) is 0. The largest absolute Gasteiger partial charge is 0.309 e. The number of nitriles is 2. The first-order valence-electron chi connectivity index (χ1n) is 20.7. The number of hydrogen-bond donors (Lipinski definition) is 0. The van der Waals surface area contributed by atoms with Gasteiger partial charge in [-0.05, 0) is 72.8 Å². The van der Waals surface area contributed by atoms with Crippen LogP contribution in [0.25, 0.3) is 110 Å². The van der Waals surface area contributed by atoms with Crippen molar-refractivity contribution in [2.24, 2.45) is 0 Å². The highest BCUT2D eigenvalue weighted by Crippen LogP contribution is 2.45. The van der Waals surface area contributed by atoms with Gasteiger partial charge in [0.15, 0.2) is 0 Å². The Morgan fingerprint density at radius 3 is 1.08 bits per heavy atom. The van der Waals surface area contributed by atoms with Crippen LogP contribution in [0.15, 0.2) is 194 Å². The Balaban J connectivity index is 1.17. The number of benzene rings is 9. The van der Waals surface area contributed by atoms with Crippen LogP contribution in [-0.2, 0) is 0 Å². The van der Waals surface area contributed by atoms with Crippen LogP contribution in [-0.4, -0.2) is 18.3 Å². The third kappa shape index (κ3) is 4.50. The second-order valence-corrected chi connectivity index (χ2v) is 15.9. The monoisotopic (exact) mass is 788 g/mol. The van der Waals surface area contributed by atoms with Crippen molar-refractivity contribution in [2.45, 2.75) is 0 Å². The molecule has 0 radical (unpaired) electrons. The fraction of sp³-hybridized carbons (Fsp3) is 0. The average molecular weight is 789 g/mol. The molecule has 4 heterocycles. The lowest BCUT2D eigenvalue weighted by molar-refractivity contribution is 1.11. The number of nitrogens with zero attached hydrogens (tertiary/aromatic N) is 6. The molecule has 0 saturated carbocycles. The molecule has 0 unspecified atom stereocenters. The molecule has 286 valence electrons. The normalized spacial score (nSPS) is 11.8. The van der Waals surface area contributed by atoms with E-state index in [1.807, 2.05) is 36.4 Å². The molecule has 13 rings (SSSR count). The molecule has 62 heavy (non-hydrogen) atoms. The van der Waals surface area contributed by atoms with E-state index < -0.39 is 0 Å². The molecule has 0 spiro atoms. The minimum atomic E-state index is 0.463. The minimum Gasteiger partial charge on any atom is -0.309 e.